The highest BCUT2D eigenvalue weighted by Gasteiger charge is 2.36. The fraction of sp³-hybridized carbons (Fsp3) is 0.458. The van der Waals surface area contributed by atoms with Gasteiger partial charge in [0.25, 0.3) is 0 Å². The molecule has 1 atom stereocenters. The molecule has 5 heteroatoms. The summed E-state index contributed by atoms with van der Waals surface area (Å²) in [6.45, 7) is 2.35. The van der Waals surface area contributed by atoms with Crippen LogP contribution in [0.25, 0.3) is 0 Å². The Morgan fingerprint density at radius 2 is 1.72 bits per heavy atom. The quantitative estimate of drug-likeness (QED) is 0.841. The highest BCUT2D eigenvalue weighted by molar-refractivity contribution is 6.01. The Labute approximate surface area is 172 Å². The zero-order valence-corrected chi connectivity index (χ0v) is 17.2. The van der Waals surface area contributed by atoms with Crippen molar-refractivity contribution in [1.82, 2.24) is 4.90 Å². The number of ketones is 1. The van der Waals surface area contributed by atoms with Gasteiger partial charge < -0.3 is 19.5 Å². The molecule has 29 heavy (non-hydrogen) atoms. The number of rotatable bonds is 5. The van der Waals surface area contributed by atoms with Gasteiger partial charge in [-0.25, -0.2) is 0 Å². The molecule has 2 aromatic carbocycles. The number of carbonyl (C=O) groups is 1. The summed E-state index contributed by atoms with van der Waals surface area (Å²) in [5.74, 6) is 1.46. The van der Waals surface area contributed by atoms with E-state index in [9.17, 15) is 9.90 Å². The lowest BCUT2D eigenvalue weighted by Gasteiger charge is -2.40. The summed E-state index contributed by atoms with van der Waals surface area (Å²) in [4.78, 5) is 15.5. The molecule has 2 aromatic rings. The van der Waals surface area contributed by atoms with E-state index in [0.717, 1.165) is 49.2 Å². The van der Waals surface area contributed by atoms with Crippen LogP contribution in [0.2, 0.25) is 0 Å². The maximum absolute atomic E-state index is 13.1. The molecule has 1 aliphatic heterocycles. The molecule has 0 spiro atoms. The van der Waals surface area contributed by atoms with Crippen LogP contribution in [0.3, 0.4) is 0 Å². The van der Waals surface area contributed by atoms with Gasteiger partial charge in [0.2, 0.25) is 0 Å². The van der Waals surface area contributed by atoms with Crippen LogP contribution < -0.4 is 9.47 Å². The Balaban J connectivity index is 1.42. The molecule has 1 N–H and O–H groups in total. The average Bonchev–Trinajstić information content (AvgIpc) is 2.77. The molecular formula is C24H29NO4. The molecule has 1 unspecified atom stereocenters. The molecule has 1 aliphatic carbocycles. The van der Waals surface area contributed by atoms with Gasteiger partial charge in [-0.05, 0) is 48.9 Å². The Kier molecular flexibility index (Phi) is 5.61. The van der Waals surface area contributed by atoms with Crippen LogP contribution in [0.15, 0.2) is 42.5 Å². The van der Waals surface area contributed by atoms with E-state index in [1.807, 2.05) is 42.5 Å². The number of aryl methyl sites for hydroxylation is 1. The van der Waals surface area contributed by atoms with Crippen LogP contribution in [0.4, 0.5) is 0 Å². The Morgan fingerprint density at radius 3 is 2.38 bits per heavy atom. The van der Waals surface area contributed by atoms with Gasteiger partial charge in [-0.1, -0.05) is 30.3 Å². The van der Waals surface area contributed by atoms with E-state index in [1.165, 1.54) is 0 Å². The minimum atomic E-state index is -0.759. The van der Waals surface area contributed by atoms with Gasteiger partial charge in [0.05, 0.1) is 19.8 Å². The maximum Gasteiger partial charge on any atom is 0.167 e. The van der Waals surface area contributed by atoms with Gasteiger partial charge in [-0.15, -0.1) is 0 Å². The van der Waals surface area contributed by atoms with Gasteiger partial charge in [0, 0.05) is 31.1 Å². The largest absolute Gasteiger partial charge is 0.493 e. The fourth-order valence-electron chi connectivity index (χ4n) is 4.67. The first-order chi connectivity index (χ1) is 14.0. The number of hydrogen-bond donors (Lipinski definition) is 1. The number of piperidine rings is 1. The molecule has 1 saturated heterocycles. The van der Waals surface area contributed by atoms with E-state index in [-0.39, 0.29) is 11.7 Å². The lowest BCUT2D eigenvalue weighted by Crippen LogP contribution is -2.45. The first-order valence-corrected chi connectivity index (χ1v) is 10.3. The third-order valence-electron chi connectivity index (χ3n) is 6.48. The van der Waals surface area contributed by atoms with Crippen molar-refractivity contribution in [2.24, 2.45) is 5.92 Å². The molecule has 4 rings (SSSR count). The van der Waals surface area contributed by atoms with Crippen LogP contribution in [0, 0.1) is 5.92 Å². The summed E-state index contributed by atoms with van der Waals surface area (Å²) < 4.78 is 10.8. The number of nitrogens with zero attached hydrogens (tertiary/aromatic N) is 1. The Morgan fingerprint density at radius 1 is 1.07 bits per heavy atom. The van der Waals surface area contributed by atoms with Crippen molar-refractivity contribution < 1.29 is 19.4 Å². The molecular weight excluding hydrogens is 366 g/mol. The summed E-state index contributed by atoms with van der Waals surface area (Å²) >= 11 is 0. The van der Waals surface area contributed by atoms with Gasteiger partial charge in [0.1, 0.15) is 0 Å². The van der Waals surface area contributed by atoms with E-state index in [4.69, 9.17) is 9.47 Å². The monoisotopic (exact) mass is 395 g/mol. The second-order valence-corrected chi connectivity index (χ2v) is 8.16. The molecule has 5 nitrogen and oxygen atoms in total. The molecule has 0 saturated carbocycles. The summed E-state index contributed by atoms with van der Waals surface area (Å²) in [5, 5.41) is 11.0. The normalized spacial score (nSPS) is 21.5. The topological polar surface area (TPSA) is 59.0 Å². The van der Waals surface area contributed by atoms with E-state index in [1.54, 1.807) is 14.2 Å². The molecule has 0 aromatic heterocycles. The second-order valence-electron chi connectivity index (χ2n) is 8.16. The number of carbonyl (C=O) groups excluding carboxylic acids is 1. The van der Waals surface area contributed by atoms with Gasteiger partial charge in [0.15, 0.2) is 17.3 Å². The van der Waals surface area contributed by atoms with Gasteiger partial charge in [-0.2, -0.15) is 0 Å². The number of likely N-dealkylation sites (tertiary alicyclic amines) is 1. The lowest BCUT2D eigenvalue weighted by atomic mass is 9.80. The maximum atomic E-state index is 13.1. The third kappa shape index (κ3) is 3.89. The summed E-state index contributed by atoms with van der Waals surface area (Å²) in [5.41, 5.74) is 2.03. The van der Waals surface area contributed by atoms with E-state index in [2.05, 4.69) is 4.90 Å². The Bertz CT molecular complexity index is 872. The van der Waals surface area contributed by atoms with Crippen molar-refractivity contribution in [2.45, 2.75) is 31.3 Å². The lowest BCUT2D eigenvalue weighted by molar-refractivity contribution is -0.0283. The van der Waals surface area contributed by atoms with Gasteiger partial charge in [-0.3, -0.25) is 4.79 Å². The van der Waals surface area contributed by atoms with Crippen LogP contribution in [-0.2, 0) is 12.0 Å². The predicted molar refractivity (Wildman–Crippen MR) is 112 cm³/mol. The second kappa shape index (κ2) is 8.17. The molecule has 154 valence electrons. The van der Waals surface area contributed by atoms with Crippen LogP contribution in [-0.4, -0.2) is 49.6 Å². The highest BCUT2D eigenvalue weighted by Crippen LogP contribution is 2.37. The number of aliphatic hydroxyl groups is 1. The summed E-state index contributed by atoms with van der Waals surface area (Å²) in [7, 11) is 3.21. The third-order valence-corrected chi connectivity index (χ3v) is 6.48. The van der Waals surface area contributed by atoms with Crippen molar-refractivity contribution in [2.75, 3.05) is 33.9 Å². The zero-order valence-electron chi connectivity index (χ0n) is 17.2. The smallest absolute Gasteiger partial charge is 0.167 e. The minimum absolute atomic E-state index is 0.0106. The number of ether oxygens (including phenoxy) is 2. The average molecular weight is 395 g/mol. The molecule has 1 fully saturated rings. The van der Waals surface area contributed by atoms with Crippen LogP contribution in [0.1, 0.15) is 40.7 Å². The number of Topliss-reactive ketones (excluding diaryl/α,β-unsaturated/α-hetero) is 1. The number of fused-ring (bicyclic) bond motifs is 1. The number of methoxy groups -OCH3 is 2. The van der Waals surface area contributed by atoms with Gasteiger partial charge >= 0.3 is 0 Å². The zero-order chi connectivity index (χ0) is 20.4. The predicted octanol–water partition coefficient (Wildman–Crippen LogP) is 3.43. The number of benzene rings is 2. The van der Waals surface area contributed by atoms with E-state index < -0.39 is 5.60 Å². The van der Waals surface area contributed by atoms with Crippen molar-refractivity contribution in [3.63, 3.8) is 0 Å². The van der Waals surface area contributed by atoms with Crippen LogP contribution >= 0.6 is 0 Å². The van der Waals surface area contributed by atoms with Crippen molar-refractivity contribution in [3.05, 3.63) is 59.2 Å². The summed E-state index contributed by atoms with van der Waals surface area (Å²) in [6.07, 6.45) is 3.10. The molecule has 2 aliphatic rings. The molecule has 0 amide bonds. The van der Waals surface area contributed by atoms with Crippen molar-refractivity contribution >= 4 is 5.78 Å². The standard InChI is InChI=1S/C24H29NO4/c1-28-21-14-17-8-9-18(23(26)20(17)15-22(21)29-2)16-25-12-10-24(27,11-13-25)19-6-4-3-5-7-19/h3-7,14-15,18,27H,8-13,16H2,1-2H3. The van der Waals surface area contributed by atoms with Crippen LogP contribution in [0.5, 0.6) is 11.5 Å². The van der Waals surface area contributed by atoms with Crippen molar-refractivity contribution in [3.8, 4) is 11.5 Å². The van der Waals surface area contributed by atoms with E-state index >= 15 is 0 Å². The van der Waals surface area contributed by atoms with Crippen molar-refractivity contribution in [1.29, 1.82) is 0 Å². The fourth-order valence-corrected chi connectivity index (χ4v) is 4.67. The SMILES string of the molecule is COc1cc2c(cc1OC)C(=O)C(CN1CCC(O)(c3ccccc3)CC1)CC2. The van der Waals surface area contributed by atoms with E-state index in [0.29, 0.717) is 24.3 Å². The number of hydrogen-bond acceptors (Lipinski definition) is 5. The highest BCUT2D eigenvalue weighted by atomic mass is 16.5. The summed E-state index contributed by atoms with van der Waals surface area (Å²) in [6, 6.07) is 13.7. The first-order valence-electron chi connectivity index (χ1n) is 10.3. The molecule has 0 radical (unpaired) electrons. The molecule has 1 heterocycles. The Hall–Kier alpha value is -2.37. The molecule has 0 bridgehead atoms. The minimum Gasteiger partial charge on any atom is -0.493 e. The first kappa shape index (κ1) is 19.9.